The van der Waals surface area contributed by atoms with Crippen molar-refractivity contribution in [3.63, 3.8) is 0 Å². The van der Waals surface area contributed by atoms with Crippen molar-refractivity contribution in [2.75, 3.05) is 0 Å². The lowest BCUT2D eigenvalue weighted by atomic mass is 9.76. The second-order valence-corrected chi connectivity index (χ2v) is 7.75. The Kier molecular flexibility index (Phi) is 4.82. The van der Waals surface area contributed by atoms with Gasteiger partial charge in [-0.3, -0.25) is 4.79 Å². The van der Waals surface area contributed by atoms with Crippen LogP contribution in [-0.2, 0) is 4.74 Å². The maximum absolute atomic E-state index is 12.7. The number of carbonyl (C=O) groups excluding carboxylic acids is 2. The number of ether oxygens (including phenoxy) is 1. The zero-order valence-electron chi connectivity index (χ0n) is 14.5. The zero-order chi connectivity index (χ0) is 18.1. The lowest BCUT2D eigenvalue weighted by Gasteiger charge is -2.32. The van der Waals surface area contributed by atoms with E-state index in [1.54, 1.807) is 24.3 Å². The Bertz CT molecular complexity index is 820. The summed E-state index contributed by atoms with van der Waals surface area (Å²) in [4.78, 5) is 24.8. The van der Waals surface area contributed by atoms with Crippen LogP contribution in [0.5, 0.6) is 0 Å². The molecule has 134 valence electrons. The van der Waals surface area contributed by atoms with E-state index in [4.69, 9.17) is 16.3 Å². The Morgan fingerprint density at radius 2 is 1.54 bits per heavy atom. The molecular formula is C22H21ClO3. The molecule has 0 bridgehead atoms. The molecule has 3 nitrogen and oxygen atoms in total. The normalized spacial score (nSPS) is 25.5. The molecule has 1 atom stereocenters. The van der Waals surface area contributed by atoms with Gasteiger partial charge in [0.2, 0.25) is 5.78 Å². The molecule has 2 aromatic carbocycles. The fourth-order valence-electron chi connectivity index (χ4n) is 4.22. The van der Waals surface area contributed by atoms with Crippen molar-refractivity contribution in [3.05, 3.63) is 70.2 Å². The van der Waals surface area contributed by atoms with Crippen molar-refractivity contribution < 1.29 is 14.3 Å². The van der Waals surface area contributed by atoms with Crippen molar-refractivity contribution in [1.29, 1.82) is 0 Å². The molecule has 1 fully saturated rings. The third-order valence-electron chi connectivity index (χ3n) is 5.69. The SMILES string of the molecule is O=C1OC(CC2CCC(c3ccc(Cl)cc3)CC2)C(=O)c2ccccc21. The summed E-state index contributed by atoms with van der Waals surface area (Å²) < 4.78 is 5.45. The molecule has 0 saturated heterocycles. The highest BCUT2D eigenvalue weighted by molar-refractivity contribution is 6.30. The maximum Gasteiger partial charge on any atom is 0.339 e. The second kappa shape index (κ2) is 7.24. The lowest BCUT2D eigenvalue weighted by Crippen LogP contribution is -2.36. The summed E-state index contributed by atoms with van der Waals surface area (Å²) in [6, 6.07) is 15.0. The van der Waals surface area contributed by atoms with Gasteiger partial charge in [-0.05, 0) is 67.7 Å². The standard InChI is InChI=1S/C22H21ClO3/c23-17-11-9-16(10-12-17)15-7-5-14(6-8-15)13-20-21(24)18-3-1-2-4-19(18)22(25)26-20/h1-4,9-12,14-15,20H,5-8,13H2. The molecule has 0 aromatic heterocycles. The average Bonchev–Trinajstić information content (AvgIpc) is 2.67. The summed E-state index contributed by atoms with van der Waals surface area (Å²) in [5.41, 5.74) is 2.23. The van der Waals surface area contributed by atoms with Crippen molar-refractivity contribution in [2.45, 2.75) is 44.1 Å². The number of fused-ring (bicyclic) bond motifs is 1. The number of esters is 1. The van der Waals surface area contributed by atoms with E-state index in [0.717, 1.165) is 30.7 Å². The maximum atomic E-state index is 12.7. The Balaban J connectivity index is 1.38. The van der Waals surface area contributed by atoms with Crippen LogP contribution in [0.3, 0.4) is 0 Å². The van der Waals surface area contributed by atoms with Crippen LogP contribution in [0.4, 0.5) is 0 Å². The molecular weight excluding hydrogens is 348 g/mol. The van der Waals surface area contributed by atoms with Gasteiger partial charge in [0, 0.05) is 10.6 Å². The third kappa shape index (κ3) is 3.41. The Morgan fingerprint density at radius 1 is 0.885 bits per heavy atom. The summed E-state index contributed by atoms with van der Waals surface area (Å²) in [5, 5.41) is 0.764. The molecule has 2 aliphatic rings. The van der Waals surface area contributed by atoms with E-state index in [-0.39, 0.29) is 11.8 Å². The van der Waals surface area contributed by atoms with Crippen LogP contribution >= 0.6 is 11.6 Å². The first-order valence-corrected chi connectivity index (χ1v) is 9.59. The van der Waals surface area contributed by atoms with Crippen LogP contribution < -0.4 is 0 Å². The van der Waals surface area contributed by atoms with E-state index in [1.165, 1.54) is 5.56 Å². The van der Waals surface area contributed by atoms with E-state index in [2.05, 4.69) is 12.1 Å². The molecule has 0 N–H and O–H groups in total. The topological polar surface area (TPSA) is 43.4 Å². The summed E-state index contributed by atoms with van der Waals surface area (Å²) >= 11 is 5.97. The van der Waals surface area contributed by atoms with E-state index in [1.807, 2.05) is 12.1 Å². The van der Waals surface area contributed by atoms with Crippen molar-refractivity contribution in [2.24, 2.45) is 5.92 Å². The van der Waals surface area contributed by atoms with E-state index in [0.29, 0.717) is 29.4 Å². The molecule has 0 spiro atoms. The first-order chi connectivity index (χ1) is 12.6. The minimum Gasteiger partial charge on any atom is -0.450 e. The first kappa shape index (κ1) is 17.3. The number of benzene rings is 2. The third-order valence-corrected chi connectivity index (χ3v) is 5.94. The average molecular weight is 369 g/mol. The highest BCUT2D eigenvalue weighted by Gasteiger charge is 2.36. The largest absolute Gasteiger partial charge is 0.450 e. The molecule has 1 unspecified atom stereocenters. The first-order valence-electron chi connectivity index (χ1n) is 9.21. The Morgan fingerprint density at radius 3 is 2.23 bits per heavy atom. The van der Waals surface area contributed by atoms with Gasteiger partial charge in [0.05, 0.1) is 5.56 Å². The summed E-state index contributed by atoms with van der Waals surface area (Å²) in [6.45, 7) is 0. The quantitative estimate of drug-likeness (QED) is 0.679. The van der Waals surface area contributed by atoms with Gasteiger partial charge in [-0.1, -0.05) is 41.9 Å². The molecule has 0 radical (unpaired) electrons. The number of ketones is 1. The Hall–Kier alpha value is -2.13. The number of cyclic esters (lactones) is 1. The number of hydrogen-bond acceptors (Lipinski definition) is 3. The fraction of sp³-hybridized carbons (Fsp3) is 0.364. The van der Waals surface area contributed by atoms with Crippen LogP contribution in [0, 0.1) is 5.92 Å². The zero-order valence-corrected chi connectivity index (χ0v) is 15.2. The molecule has 1 aliphatic heterocycles. The number of carbonyl (C=O) groups is 2. The van der Waals surface area contributed by atoms with Gasteiger partial charge >= 0.3 is 5.97 Å². The van der Waals surface area contributed by atoms with E-state index >= 15 is 0 Å². The van der Waals surface area contributed by atoms with E-state index < -0.39 is 6.10 Å². The van der Waals surface area contributed by atoms with Crippen molar-refractivity contribution in [3.8, 4) is 0 Å². The predicted molar refractivity (Wildman–Crippen MR) is 101 cm³/mol. The van der Waals surface area contributed by atoms with Crippen LogP contribution in [0.25, 0.3) is 0 Å². The minimum atomic E-state index is -0.630. The van der Waals surface area contributed by atoms with Gasteiger partial charge in [0.25, 0.3) is 0 Å². The molecule has 4 rings (SSSR count). The Labute approximate surface area is 158 Å². The smallest absolute Gasteiger partial charge is 0.339 e. The summed E-state index contributed by atoms with van der Waals surface area (Å²) in [7, 11) is 0. The van der Waals surface area contributed by atoms with Gasteiger partial charge in [0.15, 0.2) is 6.10 Å². The number of halogens is 1. The number of rotatable bonds is 3. The lowest BCUT2D eigenvalue weighted by molar-refractivity contribution is 0.0181. The van der Waals surface area contributed by atoms with Crippen LogP contribution in [-0.4, -0.2) is 17.9 Å². The monoisotopic (exact) mass is 368 g/mol. The van der Waals surface area contributed by atoms with E-state index in [9.17, 15) is 9.59 Å². The summed E-state index contributed by atoms with van der Waals surface area (Å²) in [6.07, 6.45) is 4.29. The van der Waals surface area contributed by atoms with Gasteiger partial charge in [-0.25, -0.2) is 4.79 Å². The molecule has 2 aromatic rings. The molecule has 0 amide bonds. The predicted octanol–water partition coefficient (Wildman–Crippen LogP) is 5.43. The molecule has 1 saturated carbocycles. The van der Waals surface area contributed by atoms with Gasteiger partial charge < -0.3 is 4.74 Å². The van der Waals surface area contributed by atoms with Gasteiger partial charge in [0.1, 0.15) is 0 Å². The van der Waals surface area contributed by atoms with Crippen LogP contribution in [0.1, 0.15) is 64.3 Å². The number of Topliss-reactive ketones (excluding diaryl/α,β-unsaturated/α-hetero) is 1. The second-order valence-electron chi connectivity index (χ2n) is 7.31. The summed E-state index contributed by atoms with van der Waals surface area (Å²) in [5.74, 6) is 0.541. The van der Waals surface area contributed by atoms with Crippen LogP contribution in [0.15, 0.2) is 48.5 Å². The van der Waals surface area contributed by atoms with Crippen molar-refractivity contribution >= 4 is 23.4 Å². The number of hydrogen-bond donors (Lipinski definition) is 0. The van der Waals surface area contributed by atoms with Crippen LogP contribution in [0.2, 0.25) is 5.02 Å². The fourth-order valence-corrected chi connectivity index (χ4v) is 4.35. The molecule has 4 heteroatoms. The molecule has 1 aliphatic carbocycles. The van der Waals surface area contributed by atoms with Gasteiger partial charge in [-0.15, -0.1) is 0 Å². The van der Waals surface area contributed by atoms with Crippen molar-refractivity contribution in [1.82, 2.24) is 0 Å². The van der Waals surface area contributed by atoms with Gasteiger partial charge in [-0.2, -0.15) is 0 Å². The molecule has 1 heterocycles. The minimum absolute atomic E-state index is 0.0555. The highest BCUT2D eigenvalue weighted by atomic mass is 35.5. The highest BCUT2D eigenvalue weighted by Crippen LogP contribution is 2.39. The molecule has 26 heavy (non-hydrogen) atoms.